The SMILES string of the molecule is O=C(OCC(F)(F)S(=O)(=O)O)C12CCC3CCC(CC3C1)C2. The molecule has 1 N–H and O–H groups in total. The first-order chi connectivity index (χ1) is 10.1. The molecule has 22 heavy (non-hydrogen) atoms. The van der Waals surface area contributed by atoms with Crippen molar-refractivity contribution in [3.8, 4) is 0 Å². The zero-order valence-electron chi connectivity index (χ0n) is 12.1. The lowest BCUT2D eigenvalue weighted by atomic mass is 9.51. The van der Waals surface area contributed by atoms with Crippen LogP contribution in [0.3, 0.4) is 0 Å². The summed E-state index contributed by atoms with van der Waals surface area (Å²) in [6.07, 6.45) is 6.18. The smallest absolute Gasteiger partial charge is 0.402 e. The Morgan fingerprint density at radius 3 is 2.64 bits per heavy atom. The molecule has 4 unspecified atom stereocenters. The summed E-state index contributed by atoms with van der Waals surface area (Å²) < 4.78 is 60.7. The van der Waals surface area contributed by atoms with Gasteiger partial charge in [-0.15, -0.1) is 0 Å². The first-order valence-electron chi connectivity index (χ1n) is 7.65. The van der Waals surface area contributed by atoms with Crippen molar-refractivity contribution in [2.75, 3.05) is 6.61 Å². The number of rotatable bonds is 4. The third-order valence-electron chi connectivity index (χ3n) is 5.76. The largest absolute Gasteiger partial charge is 0.458 e. The summed E-state index contributed by atoms with van der Waals surface area (Å²) in [5.41, 5.74) is -0.736. The van der Waals surface area contributed by atoms with E-state index in [0.717, 1.165) is 19.3 Å². The van der Waals surface area contributed by atoms with Crippen molar-refractivity contribution in [1.82, 2.24) is 0 Å². The Kier molecular flexibility index (Phi) is 3.75. The van der Waals surface area contributed by atoms with Crippen LogP contribution < -0.4 is 0 Å². The van der Waals surface area contributed by atoms with E-state index < -0.39 is 33.4 Å². The summed E-state index contributed by atoms with van der Waals surface area (Å²) in [5.74, 6) is 0.781. The minimum absolute atomic E-state index is 0.435. The maximum atomic E-state index is 13.2. The fourth-order valence-corrected chi connectivity index (χ4v) is 4.90. The van der Waals surface area contributed by atoms with Gasteiger partial charge in [-0.3, -0.25) is 9.35 Å². The maximum Gasteiger partial charge on any atom is 0.402 e. The minimum Gasteiger partial charge on any atom is -0.458 e. The van der Waals surface area contributed by atoms with Gasteiger partial charge in [-0.2, -0.15) is 17.2 Å². The standard InChI is InChI=1S/C14H20F2O5S/c15-14(16,22(18,19)20)8-21-12(17)13-4-3-10-2-1-9(6-13)5-11(10)7-13/h9-11H,1-8H2,(H,18,19,20). The van der Waals surface area contributed by atoms with Gasteiger partial charge in [0.2, 0.25) is 0 Å². The summed E-state index contributed by atoms with van der Waals surface area (Å²) >= 11 is 0. The van der Waals surface area contributed by atoms with Gasteiger partial charge in [0.05, 0.1) is 5.41 Å². The van der Waals surface area contributed by atoms with Crippen LogP contribution in [0.5, 0.6) is 0 Å². The Morgan fingerprint density at radius 1 is 1.23 bits per heavy atom. The van der Waals surface area contributed by atoms with Crippen LogP contribution in [0.2, 0.25) is 0 Å². The Labute approximate surface area is 128 Å². The molecule has 0 heterocycles. The summed E-state index contributed by atoms with van der Waals surface area (Å²) in [5, 5.41) is -4.46. The summed E-state index contributed by atoms with van der Waals surface area (Å²) in [4.78, 5) is 12.3. The Hall–Kier alpha value is -0.760. The molecule has 3 aliphatic rings. The van der Waals surface area contributed by atoms with Gasteiger partial charge in [-0.05, 0) is 56.3 Å². The van der Waals surface area contributed by atoms with Gasteiger partial charge >= 0.3 is 21.3 Å². The van der Waals surface area contributed by atoms with Crippen molar-refractivity contribution in [2.45, 2.75) is 50.2 Å². The first-order valence-corrected chi connectivity index (χ1v) is 9.09. The summed E-state index contributed by atoms with van der Waals surface area (Å²) in [6, 6.07) is 0. The van der Waals surface area contributed by atoms with E-state index in [1.165, 1.54) is 6.42 Å². The molecule has 4 atom stereocenters. The van der Waals surface area contributed by atoms with Gasteiger partial charge in [0.15, 0.2) is 6.61 Å². The Morgan fingerprint density at radius 2 is 1.95 bits per heavy atom. The van der Waals surface area contributed by atoms with E-state index >= 15 is 0 Å². The third kappa shape index (κ3) is 2.64. The molecule has 0 aromatic rings. The normalized spacial score (nSPS) is 37.9. The number of fused-ring (bicyclic) bond motifs is 2. The predicted molar refractivity (Wildman–Crippen MR) is 72.7 cm³/mol. The van der Waals surface area contributed by atoms with Gasteiger partial charge in [0.1, 0.15) is 0 Å². The molecule has 8 heteroatoms. The van der Waals surface area contributed by atoms with E-state index in [2.05, 4.69) is 4.74 Å². The highest BCUT2D eigenvalue weighted by molar-refractivity contribution is 7.86. The van der Waals surface area contributed by atoms with Crippen LogP contribution in [0.4, 0.5) is 8.78 Å². The molecule has 0 radical (unpaired) electrons. The topological polar surface area (TPSA) is 80.7 Å². The molecule has 3 rings (SSSR count). The molecular formula is C14H20F2O5S. The molecule has 0 spiro atoms. The highest BCUT2D eigenvalue weighted by atomic mass is 32.2. The number of esters is 1. The lowest BCUT2D eigenvalue weighted by Gasteiger charge is -2.53. The van der Waals surface area contributed by atoms with E-state index in [-0.39, 0.29) is 0 Å². The van der Waals surface area contributed by atoms with Gasteiger partial charge in [0.25, 0.3) is 0 Å². The van der Waals surface area contributed by atoms with Crippen LogP contribution in [-0.2, 0) is 19.6 Å². The van der Waals surface area contributed by atoms with Crippen molar-refractivity contribution < 1.29 is 31.3 Å². The zero-order chi connectivity index (χ0) is 16.2. The van der Waals surface area contributed by atoms with Crippen LogP contribution in [-0.4, -0.2) is 30.8 Å². The summed E-state index contributed by atoms with van der Waals surface area (Å²) in [7, 11) is -5.57. The van der Waals surface area contributed by atoms with E-state index in [1.807, 2.05) is 0 Å². The summed E-state index contributed by atoms with van der Waals surface area (Å²) in [6.45, 7) is -1.62. The molecule has 0 aromatic carbocycles. The third-order valence-corrected chi connectivity index (χ3v) is 6.63. The monoisotopic (exact) mass is 338 g/mol. The first kappa shape index (κ1) is 16.1. The second-order valence-corrected chi connectivity index (χ2v) is 8.66. The molecule has 0 saturated heterocycles. The number of carbonyl (C=O) groups is 1. The fraction of sp³-hybridized carbons (Fsp3) is 0.929. The van der Waals surface area contributed by atoms with Crippen molar-refractivity contribution in [2.24, 2.45) is 23.2 Å². The van der Waals surface area contributed by atoms with Gasteiger partial charge < -0.3 is 4.74 Å². The van der Waals surface area contributed by atoms with E-state index in [4.69, 9.17) is 4.55 Å². The molecule has 5 nitrogen and oxygen atoms in total. The van der Waals surface area contributed by atoms with Crippen LogP contribution in [0.25, 0.3) is 0 Å². The number of alkyl halides is 2. The number of hydrogen-bond acceptors (Lipinski definition) is 4. The quantitative estimate of drug-likeness (QED) is 0.629. The molecule has 0 aliphatic heterocycles. The molecule has 3 fully saturated rings. The highest BCUT2D eigenvalue weighted by Gasteiger charge is 2.54. The molecule has 3 saturated carbocycles. The van der Waals surface area contributed by atoms with E-state index in [0.29, 0.717) is 37.0 Å². The van der Waals surface area contributed by atoms with Crippen molar-refractivity contribution in [1.29, 1.82) is 0 Å². The van der Waals surface area contributed by atoms with Crippen LogP contribution in [0.1, 0.15) is 44.9 Å². The second-order valence-electron chi connectivity index (χ2n) is 7.12. The number of ether oxygens (including phenoxy) is 1. The number of halogens is 2. The zero-order valence-corrected chi connectivity index (χ0v) is 12.9. The number of hydrogen-bond donors (Lipinski definition) is 1. The number of carbonyl (C=O) groups excluding carboxylic acids is 1. The van der Waals surface area contributed by atoms with Crippen molar-refractivity contribution in [3.63, 3.8) is 0 Å². The Bertz CT molecular complexity index is 572. The molecule has 3 bridgehead atoms. The van der Waals surface area contributed by atoms with Crippen molar-refractivity contribution in [3.05, 3.63) is 0 Å². The van der Waals surface area contributed by atoms with Crippen molar-refractivity contribution >= 4 is 16.1 Å². The highest BCUT2D eigenvalue weighted by Crippen LogP contribution is 2.58. The maximum absolute atomic E-state index is 13.2. The van der Waals surface area contributed by atoms with Gasteiger partial charge in [-0.25, -0.2) is 0 Å². The molecule has 126 valence electrons. The lowest BCUT2D eigenvalue weighted by molar-refractivity contribution is -0.173. The second kappa shape index (κ2) is 5.12. The van der Waals surface area contributed by atoms with Crippen LogP contribution >= 0.6 is 0 Å². The van der Waals surface area contributed by atoms with Crippen LogP contribution in [0.15, 0.2) is 0 Å². The Balaban J connectivity index is 1.70. The average molecular weight is 338 g/mol. The molecular weight excluding hydrogens is 318 g/mol. The molecule has 3 aliphatic carbocycles. The van der Waals surface area contributed by atoms with E-state index in [9.17, 15) is 22.0 Å². The predicted octanol–water partition coefficient (Wildman–Crippen LogP) is 2.62. The average Bonchev–Trinajstić information content (AvgIpc) is 2.41. The minimum atomic E-state index is -5.57. The lowest BCUT2D eigenvalue weighted by Crippen LogP contribution is -2.49. The van der Waals surface area contributed by atoms with Gasteiger partial charge in [0, 0.05) is 0 Å². The van der Waals surface area contributed by atoms with E-state index in [1.54, 1.807) is 0 Å². The molecule has 0 amide bonds. The van der Waals surface area contributed by atoms with Crippen LogP contribution in [0, 0.1) is 23.2 Å². The van der Waals surface area contributed by atoms with Gasteiger partial charge in [-0.1, -0.05) is 6.42 Å². The fourth-order valence-electron chi connectivity index (χ4n) is 4.69. The molecule has 0 aromatic heterocycles.